The molecule has 0 atom stereocenters. The molecule has 1 rings (SSSR count). The van der Waals surface area contributed by atoms with Crippen LogP contribution >= 0.6 is 0 Å². The van der Waals surface area contributed by atoms with E-state index in [4.69, 9.17) is 8.85 Å². The molecule has 1 aromatic rings. The fourth-order valence-corrected chi connectivity index (χ4v) is 3.12. The van der Waals surface area contributed by atoms with Crippen LogP contribution in [0.25, 0.3) is 6.08 Å². The second-order valence-corrected chi connectivity index (χ2v) is 7.93. The molecule has 0 aromatic heterocycles. The highest BCUT2D eigenvalue weighted by atomic mass is 28.4. The third-order valence-corrected chi connectivity index (χ3v) is 6.16. The molecule has 0 aliphatic rings. The number of rotatable bonds is 7. The van der Waals surface area contributed by atoms with Crippen molar-refractivity contribution < 1.29 is 8.85 Å². The normalized spacial score (nSPS) is 11.5. The molecule has 0 aliphatic carbocycles. The van der Waals surface area contributed by atoms with E-state index in [2.05, 4.69) is 37.4 Å². The number of aryl methyl sites for hydroxylation is 1. The summed E-state index contributed by atoms with van der Waals surface area (Å²) in [5.41, 5.74) is 2.53. The third kappa shape index (κ3) is 4.46. The van der Waals surface area contributed by atoms with Gasteiger partial charge < -0.3 is 8.85 Å². The van der Waals surface area contributed by atoms with Gasteiger partial charge in [-0.1, -0.05) is 36.9 Å². The molecule has 3 heteroatoms. The molecule has 0 amide bonds. The highest BCUT2D eigenvalue weighted by Gasteiger charge is 2.27. The predicted molar refractivity (Wildman–Crippen MR) is 75.3 cm³/mol. The summed E-state index contributed by atoms with van der Waals surface area (Å²) in [6.45, 7) is 5.85. The molecule has 0 saturated heterocycles. The summed E-state index contributed by atoms with van der Waals surface area (Å²) in [5, 5.41) is 0. The lowest BCUT2D eigenvalue weighted by atomic mass is 10.1. The Morgan fingerprint density at radius 3 is 2.24 bits per heavy atom. The molecule has 0 bridgehead atoms. The molecule has 0 spiro atoms. The lowest BCUT2D eigenvalue weighted by Crippen LogP contribution is -2.35. The smallest absolute Gasteiger partial charge is 0.334 e. The second kappa shape index (κ2) is 6.74. The van der Waals surface area contributed by atoms with Crippen molar-refractivity contribution in [1.29, 1.82) is 0 Å². The van der Waals surface area contributed by atoms with E-state index >= 15 is 0 Å². The van der Waals surface area contributed by atoms with Crippen LogP contribution in [0.4, 0.5) is 0 Å². The van der Waals surface area contributed by atoms with Gasteiger partial charge in [0.15, 0.2) is 0 Å². The van der Waals surface area contributed by atoms with Crippen molar-refractivity contribution >= 4 is 14.6 Å². The maximum atomic E-state index is 5.46. The van der Waals surface area contributed by atoms with Crippen LogP contribution in [0, 0.1) is 0 Å². The summed E-state index contributed by atoms with van der Waals surface area (Å²) in [4.78, 5) is 0. The van der Waals surface area contributed by atoms with Gasteiger partial charge in [0.25, 0.3) is 0 Å². The molecule has 0 heterocycles. The molecule has 2 nitrogen and oxygen atoms in total. The average Bonchev–Trinajstić information content (AvgIpc) is 2.39. The van der Waals surface area contributed by atoms with Gasteiger partial charge in [0.1, 0.15) is 0 Å². The van der Waals surface area contributed by atoms with E-state index in [0.717, 1.165) is 18.9 Å². The summed E-state index contributed by atoms with van der Waals surface area (Å²) in [6, 6.07) is 9.56. The van der Waals surface area contributed by atoms with Crippen molar-refractivity contribution in [2.45, 2.75) is 25.4 Å². The molecule has 1 aromatic carbocycles. The maximum Gasteiger partial charge on any atom is 0.334 e. The van der Waals surface area contributed by atoms with E-state index in [9.17, 15) is 0 Å². The van der Waals surface area contributed by atoms with Crippen LogP contribution in [0.5, 0.6) is 0 Å². The van der Waals surface area contributed by atoms with Gasteiger partial charge in [0, 0.05) is 14.2 Å². The number of hydrogen-bond acceptors (Lipinski definition) is 2. The van der Waals surface area contributed by atoms with Crippen LogP contribution in [-0.4, -0.2) is 22.8 Å². The molecule has 0 radical (unpaired) electrons. The van der Waals surface area contributed by atoms with Gasteiger partial charge in [-0.3, -0.25) is 0 Å². The van der Waals surface area contributed by atoms with Crippen molar-refractivity contribution in [3.63, 3.8) is 0 Å². The lowest BCUT2D eigenvalue weighted by molar-refractivity contribution is 0.248. The zero-order chi connectivity index (χ0) is 12.7. The number of hydrogen-bond donors (Lipinski definition) is 0. The Morgan fingerprint density at radius 2 is 1.76 bits per heavy atom. The minimum atomic E-state index is -1.89. The van der Waals surface area contributed by atoms with E-state index in [0.29, 0.717) is 0 Å². The summed E-state index contributed by atoms with van der Waals surface area (Å²) in [6.07, 6.45) is 4.05. The van der Waals surface area contributed by atoms with E-state index in [1.165, 1.54) is 11.1 Å². The third-order valence-electron chi connectivity index (χ3n) is 3.18. The zero-order valence-electron chi connectivity index (χ0n) is 11.0. The van der Waals surface area contributed by atoms with Gasteiger partial charge in [0.2, 0.25) is 0 Å². The van der Waals surface area contributed by atoms with Gasteiger partial charge in [-0.25, -0.2) is 0 Å². The summed E-state index contributed by atoms with van der Waals surface area (Å²) >= 11 is 0. The van der Waals surface area contributed by atoms with Crippen molar-refractivity contribution in [3.8, 4) is 0 Å². The van der Waals surface area contributed by atoms with Gasteiger partial charge in [-0.15, -0.1) is 0 Å². The quantitative estimate of drug-likeness (QED) is 0.688. The van der Waals surface area contributed by atoms with Gasteiger partial charge in [0.05, 0.1) is 0 Å². The summed E-state index contributed by atoms with van der Waals surface area (Å²) in [7, 11) is 1.60. The Labute approximate surface area is 106 Å². The van der Waals surface area contributed by atoms with Crippen LogP contribution in [0.15, 0.2) is 30.8 Å². The molecule has 0 N–H and O–H groups in total. The Balaban J connectivity index is 2.42. The van der Waals surface area contributed by atoms with E-state index in [1.54, 1.807) is 14.2 Å². The molecule has 0 unspecified atom stereocenters. The average molecular weight is 250 g/mol. The standard InChI is InChI=1S/C14H22O2Si/c1-5-13-8-10-14(11-9-13)7-6-12-17(4,15-2)16-3/h5,8-11H,1,6-7,12H2,2-4H3. The minimum Gasteiger partial charge on any atom is -0.398 e. The largest absolute Gasteiger partial charge is 0.398 e. The molecule has 94 valence electrons. The van der Waals surface area contributed by atoms with E-state index in [1.807, 2.05) is 6.08 Å². The fourth-order valence-electron chi connectivity index (χ4n) is 1.72. The molecular weight excluding hydrogens is 228 g/mol. The van der Waals surface area contributed by atoms with E-state index < -0.39 is 8.56 Å². The lowest BCUT2D eigenvalue weighted by Gasteiger charge is -2.22. The van der Waals surface area contributed by atoms with Crippen LogP contribution in [0.2, 0.25) is 12.6 Å². The first-order valence-corrected chi connectivity index (χ1v) is 8.47. The molecular formula is C14H22O2Si. The first-order valence-electron chi connectivity index (χ1n) is 5.95. The number of benzene rings is 1. The Bertz CT molecular complexity index is 342. The van der Waals surface area contributed by atoms with E-state index in [-0.39, 0.29) is 0 Å². The zero-order valence-corrected chi connectivity index (χ0v) is 12.0. The SMILES string of the molecule is C=Cc1ccc(CCC[Si](C)(OC)OC)cc1. The van der Waals surface area contributed by atoms with Crippen LogP contribution in [-0.2, 0) is 15.3 Å². The van der Waals surface area contributed by atoms with Crippen LogP contribution < -0.4 is 0 Å². The molecule has 17 heavy (non-hydrogen) atoms. The highest BCUT2D eigenvalue weighted by Crippen LogP contribution is 2.16. The predicted octanol–water partition coefficient (Wildman–Crippen LogP) is 3.63. The monoisotopic (exact) mass is 250 g/mol. The Morgan fingerprint density at radius 1 is 1.18 bits per heavy atom. The van der Waals surface area contributed by atoms with Gasteiger partial charge in [-0.05, 0) is 36.6 Å². The molecule has 0 fully saturated rings. The van der Waals surface area contributed by atoms with Crippen molar-refractivity contribution in [3.05, 3.63) is 42.0 Å². The Kier molecular flexibility index (Phi) is 5.61. The summed E-state index contributed by atoms with van der Waals surface area (Å²) < 4.78 is 10.9. The van der Waals surface area contributed by atoms with Gasteiger partial charge in [-0.2, -0.15) is 0 Å². The first-order chi connectivity index (χ1) is 8.13. The fraction of sp³-hybridized carbons (Fsp3) is 0.429. The Hall–Kier alpha value is -0.903. The highest BCUT2D eigenvalue weighted by molar-refractivity contribution is 6.65. The molecule has 0 aliphatic heterocycles. The van der Waals surface area contributed by atoms with Gasteiger partial charge >= 0.3 is 8.56 Å². The second-order valence-electron chi connectivity index (χ2n) is 4.34. The summed E-state index contributed by atoms with van der Waals surface area (Å²) in [5.74, 6) is 0. The topological polar surface area (TPSA) is 18.5 Å². The van der Waals surface area contributed by atoms with Crippen molar-refractivity contribution in [1.82, 2.24) is 0 Å². The van der Waals surface area contributed by atoms with Crippen molar-refractivity contribution in [2.75, 3.05) is 14.2 Å². The first kappa shape index (κ1) is 14.2. The molecule has 0 saturated carbocycles. The van der Waals surface area contributed by atoms with Crippen LogP contribution in [0.1, 0.15) is 17.5 Å². The maximum absolute atomic E-state index is 5.46. The minimum absolute atomic E-state index is 1.03. The van der Waals surface area contributed by atoms with Crippen molar-refractivity contribution in [2.24, 2.45) is 0 Å². The van der Waals surface area contributed by atoms with Crippen LogP contribution in [0.3, 0.4) is 0 Å².